The molecule has 0 spiro atoms. The first-order chi connectivity index (χ1) is 8.59. The summed E-state index contributed by atoms with van der Waals surface area (Å²) in [5, 5.41) is 10.3. The molecule has 96 valence electrons. The van der Waals surface area contributed by atoms with Crippen LogP contribution in [0.15, 0.2) is 18.2 Å². The Morgan fingerprint density at radius 2 is 2.06 bits per heavy atom. The Morgan fingerprint density at radius 3 is 2.61 bits per heavy atom. The highest BCUT2D eigenvalue weighted by Crippen LogP contribution is 2.30. The van der Waals surface area contributed by atoms with Crippen LogP contribution in [0.1, 0.15) is 10.4 Å². The van der Waals surface area contributed by atoms with Gasteiger partial charge in [-0.3, -0.25) is 14.9 Å². The molecule has 1 aromatic carbocycles. The fourth-order valence-electron chi connectivity index (χ4n) is 1.86. The summed E-state index contributed by atoms with van der Waals surface area (Å²) in [4.78, 5) is 23.4. The van der Waals surface area contributed by atoms with Crippen molar-refractivity contribution in [2.45, 2.75) is 0 Å². The summed E-state index contributed by atoms with van der Waals surface area (Å²) in [7, 11) is 0. The molecule has 0 saturated carbocycles. The zero-order valence-corrected chi connectivity index (χ0v) is 10.2. The minimum absolute atomic E-state index is 0.0291. The average Bonchev–Trinajstić information content (AvgIpc) is 2.39. The molecular weight excluding hydrogens is 260 g/mol. The number of ether oxygens (including phenoxy) is 1. The van der Waals surface area contributed by atoms with Crippen LogP contribution in [0.3, 0.4) is 0 Å². The number of rotatable bonds is 3. The van der Waals surface area contributed by atoms with Crippen molar-refractivity contribution in [3.05, 3.63) is 33.9 Å². The normalized spacial score (nSPS) is 15.5. The molecule has 18 heavy (non-hydrogen) atoms. The quantitative estimate of drug-likeness (QED) is 0.476. The lowest BCUT2D eigenvalue weighted by Crippen LogP contribution is -2.36. The van der Waals surface area contributed by atoms with Crippen LogP contribution in [0.2, 0.25) is 0 Å². The third-order valence-electron chi connectivity index (χ3n) is 2.75. The van der Waals surface area contributed by atoms with Crippen LogP contribution in [0.4, 0.5) is 11.4 Å². The number of hydrogen-bond donors (Lipinski definition) is 0. The molecule has 1 aliphatic heterocycles. The van der Waals surface area contributed by atoms with Gasteiger partial charge in [-0.25, -0.2) is 0 Å². The summed E-state index contributed by atoms with van der Waals surface area (Å²) >= 11 is 5.39. The molecule has 0 radical (unpaired) electrons. The monoisotopic (exact) mass is 270 g/mol. The maximum atomic E-state index is 11.1. The molecule has 0 atom stereocenters. The molecule has 2 rings (SSSR count). The summed E-state index contributed by atoms with van der Waals surface area (Å²) in [6.07, 6.45) is 0. The van der Waals surface area contributed by atoms with Gasteiger partial charge in [0.1, 0.15) is 5.69 Å². The summed E-state index contributed by atoms with van der Waals surface area (Å²) in [6.45, 7) is 2.13. The van der Waals surface area contributed by atoms with Crippen molar-refractivity contribution in [3.8, 4) is 0 Å². The van der Waals surface area contributed by atoms with E-state index in [0.717, 1.165) is 0 Å². The highest BCUT2D eigenvalue weighted by molar-refractivity contribution is 6.67. The third-order valence-corrected chi connectivity index (χ3v) is 2.97. The number of morpholine rings is 1. The fourth-order valence-corrected chi connectivity index (χ4v) is 1.98. The van der Waals surface area contributed by atoms with E-state index in [4.69, 9.17) is 16.3 Å². The zero-order chi connectivity index (χ0) is 13.1. The summed E-state index contributed by atoms with van der Waals surface area (Å²) in [6, 6.07) is 4.12. The van der Waals surface area contributed by atoms with Gasteiger partial charge in [0.2, 0.25) is 0 Å². The van der Waals surface area contributed by atoms with E-state index >= 15 is 0 Å². The number of halogens is 1. The van der Waals surface area contributed by atoms with E-state index in [1.807, 2.05) is 4.90 Å². The van der Waals surface area contributed by atoms with Crippen LogP contribution in [-0.4, -0.2) is 36.5 Å². The molecule has 0 bridgehead atoms. The van der Waals surface area contributed by atoms with Gasteiger partial charge in [-0.05, 0) is 23.7 Å². The molecular formula is C11H11ClN2O4. The molecule has 0 N–H and O–H groups in total. The van der Waals surface area contributed by atoms with E-state index in [-0.39, 0.29) is 11.3 Å². The first-order valence-electron chi connectivity index (χ1n) is 5.40. The summed E-state index contributed by atoms with van der Waals surface area (Å²) in [5.74, 6) is 0. The summed E-state index contributed by atoms with van der Waals surface area (Å²) in [5.41, 5.74) is 0.636. The van der Waals surface area contributed by atoms with E-state index in [9.17, 15) is 14.9 Å². The van der Waals surface area contributed by atoms with Gasteiger partial charge in [-0.15, -0.1) is 0 Å². The van der Waals surface area contributed by atoms with Gasteiger partial charge in [0.05, 0.1) is 18.1 Å². The van der Waals surface area contributed by atoms with Gasteiger partial charge < -0.3 is 9.64 Å². The van der Waals surface area contributed by atoms with Gasteiger partial charge in [0.15, 0.2) is 0 Å². The number of nitrogens with zero attached hydrogens (tertiary/aromatic N) is 2. The Hall–Kier alpha value is -1.66. The predicted molar refractivity (Wildman–Crippen MR) is 66.3 cm³/mol. The second-order valence-corrected chi connectivity index (χ2v) is 4.18. The lowest BCUT2D eigenvalue weighted by molar-refractivity contribution is -0.384. The van der Waals surface area contributed by atoms with E-state index < -0.39 is 10.2 Å². The predicted octanol–water partition coefficient (Wildman–Crippen LogP) is 1.81. The zero-order valence-electron chi connectivity index (χ0n) is 9.47. The summed E-state index contributed by atoms with van der Waals surface area (Å²) < 4.78 is 5.19. The molecule has 0 aromatic heterocycles. The van der Waals surface area contributed by atoms with Crippen molar-refractivity contribution >= 4 is 28.2 Å². The molecule has 0 aliphatic carbocycles. The van der Waals surface area contributed by atoms with Crippen LogP contribution in [-0.2, 0) is 4.74 Å². The highest BCUT2D eigenvalue weighted by Gasteiger charge is 2.22. The molecule has 1 aliphatic rings. The number of anilines is 1. The largest absolute Gasteiger partial charge is 0.378 e. The van der Waals surface area contributed by atoms with Crippen molar-refractivity contribution in [1.29, 1.82) is 0 Å². The van der Waals surface area contributed by atoms with Crippen LogP contribution in [0.5, 0.6) is 0 Å². The van der Waals surface area contributed by atoms with Gasteiger partial charge >= 0.3 is 0 Å². The highest BCUT2D eigenvalue weighted by atomic mass is 35.5. The van der Waals surface area contributed by atoms with Crippen LogP contribution >= 0.6 is 11.6 Å². The second-order valence-electron chi connectivity index (χ2n) is 3.83. The smallest absolute Gasteiger partial charge is 0.292 e. The van der Waals surface area contributed by atoms with Gasteiger partial charge in [0, 0.05) is 24.7 Å². The molecule has 7 heteroatoms. The molecule has 6 nitrogen and oxygen atoms in total. The van der Waals surface area contributed by atoms with Crippen molar-refractivity contribution in [1.82, 2.24) is 0 Å². The number of benzene rings is 1. The SMILES string of the molecule is O=C(Cl)c1ccc([N+](=O)[O-])c(N2CCOCC2)c1. The van der Waals surface area contributed by atoms with Crippen molar-refractivity contribution < 1.29 is 14.5 Å². The average molecular weight is 271 g/mol. The molecule has 1 heterocycles. The van der Waals surface area contributed by atoms with Crippen molar-refractivity contribution in [3.63, 3.8) is 0 Å². The molecule has 0 amide bonds. The maximum absolute atomic E-state index is 11.1. The van der Waals surface area contributed by atoms with Gasteiger partial charge in [-0.1, -0.05) is 0 Å². The Labute approximate surface area is 108 Å². The van der Waals surface area contributed by atoms with Crippen molar-refractivity contribution in [2.24, 2.45) is 0 Å². The second kappa shape index (κ2) is 5.32. The molecule has 1 fully saturated rings. The number of carbonyl (C=O) groups excluding carboxylic acids is 1. The minimum Gasteiger partial charge on any atom is -0.378 e. The first kappa shape index (κ1) is 12.8. The van der Waals surface area contributed by atoms with Crippen LogP contribution < -0.4 is 4.90 Å². The van der Waals surface area contributed by atoms with Crippen molar-refractivity contribution in [2.75, 3.05) is 31.2 Å². The van der Waals surface area contributed by atoms with Gasteiger partial charge in [-0.2, -0.15) is 0 Å². The number of nitro groups is 1. The third kappa shape index (κ3) is 2.60. The molecule has 0 unspecified atom stereocenters. The Morgan fingerprint density at radius 1 is 1.39 bits per heavy atom. The lowest BCUT2D eigenvalue weighted by Gasteiger charge is -2.28. The minimum atomic E-state index is -0.626. The Bertz CT molecular complexity index is 486. The standard InChI is InChI=1S/C11H11ClN2O4/c12-11(15)8-1-2-9(14(16)17)10(7-8)13-3-5-18-6-4-13/h1-2,7H,3-6H2. The Kier molecular flexibility index (Phi) is 3.78. The number of nitro benzene ring substituents is 1. The fraction of sp³-hybridized carbons (Fsp3) is 0.364. The molecule has 1 saturated heterocycles. The first-order valence-corrected chi connectivity index (χ1v) is 5.78. The van der Waals surface area contributed by atoms with E-state index in [1.54, 1.807) is 0 Å². The number of hydrogen-bond acceptors (Lipinski definition) is 5. The van der Waals surface area contributed by atoms with E-state index in [2.05, 4.69) is 0 Å². The molecule has 1 aromatic rings. The maximum Gasteiger partial charge on any atom is 0.292 e. The lowest BCUT2D eigenvalue weighted by atomic mass is 10.1. The van der Waals surface area contributed by atoms with Gasteiger partial charge in [0.25, 0.3) is 10.9 Å². The number of carbonyl (C=O) groups is 1. The Balaban J connectivity index is 2.42. The van der Waals surface area contributed by atoms with Crippen LogP contribution in [0, 0.1) is 10.1 Å². The topological polar surface area (TPSA) is 72.7 Å². The van der Waals surface area contributed by atoms with E-state index in [0.29, 0.717) is 32.0 Å². The van der Waals surface area contributed by atoms with E-state index in [1.165, 1.54) is 18.2 Å². The van der Waals surface area contributed by atoms with Crippen LogP contribution in [0.25, 0.3) is 0 Å².